The van der Waals surface area contributed by atoms with Crippen molar-refractivity contribution in [2.45, 2.75) is 31.3 Å². The van der Waals surface area contributed by atoms with Gasteiger partial charge in [0.25, 0.3) is 10.0 Å². The summed E-state index contributed by atoms with van der Waals surface area (Å²) < 4.78 is 47.8. The number of thiocarbonyl (C=S) groups is 1. The Hall–Kier alpha value is -2.41. The van der Waals surface area contributed by atoms with Crippen molar-refractivity contribution in [2.24, 2.45) is 0 Å². The maximum absolute atomic E-state index is 14.8. The molecule has 0 aliphatic carbocycles. The van der Waals surface area contributed by atoms with E-state index in [1.54, 1.807) is 32.3 Å². The number of carbonyl (C=O) groups is 2. The summed E-state index contributed by atoms with van der Waals surface area (Å²) in [7, 11) is -4.57. The SMILES string of the molecule is CPN(c1scnc1C(=O)OC(C)(C)C)S(=O)(=O)c1ccc(NC(=O)CN2CCNC2=S)c(F)c1. The summed E-state index contributed by atoms with van der Waals surface area (Å²) in [5.74, 6) is -2.17. The Morgan fingerprint density at radius 2 is 2.11 bits per heavy atom. The van der Waals surface area contributed by atoms with E-state index in [4.69, 9.17) is 17.0 Å². The Balaban J connectivity index is 1.82. The summed E-state index contributed by atoms with van der Waals surface area (Å²) in [5.41, 5.74) is 0.250. The molecule has 2 N–H and O–H groups in total. The normalized spacial score (nSPS) is 14.3. The summed E-state index contributed by atoms with van der Waals surface area (Å²) in [6.07, 6.45) is 0. The first-order valence-corrected chi connectivity index (χ1v) is 14.5. The van der Waals surface area contributed by atoms with Crippen LogP contribution in [0.15, 0.2) is 28.6 Å². The summed E-state index contributed by atoms with van der Waals surface area (Å²) in [5, 5.41) is 5.88. The summed E-state index contributed by atoms with van der Waals surface area (Å²) in [4.78, 5) is 30.1. The molecule has 1 atom stereocenters. The number of halogens is 1. The number of aromatic nitrogens is 1. The summed E-state index contributed by atoms with van der Waals surface area (Å²) in [6.45, 7) is 7.79. The number of benzene rings is 1. The van der Waals surface area contributed by atoms with Gasteiger partial charge in [-0.05, 0) is 66.6 Å². The van der Waals surface area contributed by atoms with Crippen LogP contribution >= 0.6 is 32.3 Å². The zero-order valence-corrected chi connectivity index (χ0v) is 22.9. The van der Waals surface area contributed by atoms with Gasteiger partial charge in [-0.3, -0.25) is 4.79 Å². The highest BCUT2D eigenvalue weighted by Crippen LogP contribution is 2.38. The fraction of sp³-hybridized carbons (Fsp3) is 0.400. The molecule has 10 nitrogen and oxygen atoms in total. The molecular formula is C20H25FN5O5PS3. The van der Waals surface area contributed by atoms with Gasteiger partial charge in [-0.2, -0.15) is 0 Å². The van der Waals surface area contributed by atoms with E-state index in [0.717, 1.165) is 21.5 Å². The van der Waals surface area contributed by atoms with E-state index in [1.165, 1.54) is 17.6 Å². The highest BCUT2D eigenvalue weighted by molar-refractivity contribution is 7.98. The average Bonchev–Trinajstić information content (AvgIpc) is 3.38. The van der Waals surface area contributed by atoms with Gasteiger partial charge in [0.05, 0.1) is 22.6 Å². The topological polar surface area (TPSA) is 121 Å². The van der Waals surface area contributed by atoms with Crippen molar-refractivity contribution in [3.8, 4) is 0 Å². The molecule has 1 aromatic heterocycles. The van der Waals surface area contributed by atoms with Crippen molar-refractivity contribution in [3.63, 3.8) is 0 Å². The third-order valence-electron chi connectivity index (χ3n) is 4.56. The molecule has 0 radical (unpaired) electrons. The molecule has 1 fully saturated rings. The van der Waals surface area contributed by atoms with E-state index in [0.29, 0.717) is 18.2 Å². The van der Waals surface area contributed by atoms with Crippen LogP contribution in [0.25, 0.3) is 0 Å². The van der Waals surface area contributed by atoms with Gasteiger partial charge < -0.3 is 20.3 Å². The number of ether oxygens (including phenoxy) is 1. The highest BCUT2D eigenvalue weighted by Gasteiger charge is 2.32. The van der Waals surface area contributed by atoms with E-state index >= 15 is 0 Å². The molecule has 1 amide bonds. The Kier molecular flexibility index (Phi) is 8.30. The van der Waals surface area contributed by atoms with E-state index < -0.39 is 33.3 Å². The molecular weight excluding hydrogens is 536 g/mol. The molecule has 1 saturated heterocycles. The number of carbonyl (C=O) groups excluding carboxylic acids is 2. The first-order valence-electron chi connectivity index (χ1n) is 10.3. The number of rotatable bonds is 8. The highest BCUT2D eigenvalue weighted by atomic mass is 32.2. The van der Waals surface area contributed by atoms with Crippen molar-refractivity contribution in [1.29, 1.82) is 0 Å². The minimum absolute atomic E-state index is 0.0606. The Morgan fingerprint density at radius 1 is 1.40 bits per heavy atom. The Bertz CT molecular complexity index is 1250. The number of nitrogens with one attached hydrogen (secondary N) is 2. The fourth-order valence-corrected chi connectivity index (χ4v) is 7.38. The molecule has 1 aliphatic heterocycles. The lowest BCUT2D eigenvalue weighted by atomic mass is 10.2. The smallest absolute Gasteiger partial charge is 0.360 e. The van der Waals surface area contributed by atoms with Crippen LogP contribution in [0, 0.1) is 5.82 Å². The number of hydrogen-bond donors (Lipinski definition) is 2. The van der Waals surface area contributed by atoms with Gasteiger partial charge >= 0.3 is 5.97 Å². The number of sulfonamides is 1. The lowest BCUT2D eigenvalue weighted by Crippen LogP contribution is -2.35. The van der Waals surface area contributed by atoms with Crippen LogP contribution in [0.1, 0.15) is 31.3 Å². The van der Waals surface area contributed by atoms with Crippen LogP contribution in [-0.2, 0) is 19.6 Å². The largest absolute Gasteiger partial charge is 0.455 e. The van der Waals surface area contributed by atoms with Gasteiger partial charge in [-0.25, -0.2) is 26.7 Å². The molecule has 1 unspecified atom stereocenters. The molecule has 2 aromatic rings. The minimum Gasteiger partial charge on any atom is -0.455 e. The second kappa shape index (κ2) is 10.7. The zero-order valence-electron chi connectivity index (χ0n) is 19.4. The third kappa shape index (κ3) is 6.43. The van der Waals surface area contributed by atoms with Crippen LogP contribution < -0.4 is 14.7 Å². The maximum atomic E-state index is 14.8. The number of amides is 1. The van der Waals surface area contributed by atoms with Crippen LogP contribution in [-0.4, -0.2) is 67.2 Å². The molecule has 15 heteroatoms. The first-order chi connectivity index (χ1) is 16.3. The van der Waals surface area contributed by atoms with Crippen LogP contribution in [0.4, 0.5) is 15.1 Å². The average molecular weight is 562 g/mol. The third-order valence-corrected chi connectivity index (χ3v) is 9.46. The second-order valence-electron chi connectivity index (χ2n) is 8.34. The van der Waals surface area contributed by atoms with E-state index in [1.807, 2.05) is 0 Å². The van der Waals surface area contributed by atoms with Crippen LogP contribution in [0.3, 0.4) is 0 Å². The van der Waals surface area contributed by atoms with Gasteiger partial charge in [-0.1, -0.05) is 0 Å². The monoisotopic (exact) mass is 561 g/mol. The van der Waals surface area contributed by atoms with Crippen LogP contribution in [0.2, 0.25) is 0 Å². The molecule has 0 spiro atoms. The van der Waals surface area contributed by atoms with Crippen LogP contribution in [0.5, 0.6) is 0 Å². The number of anilines is 2. The second-order valence-corrected chi connectivity index (χ2v) is 12.6. The maximum Gasteiger partial charge on any atom is 0.360 e. The molecule has 1 aliphatic rings. The lowest BCUT2D eigenvalue weighted by Gasteiger charge is -2.23. The van der Waals surface area contributed by atoms with Gasteiger partial charge in [0.15, 0.2) is 10.8 Å². The van der Waals surface area contributed by atoms with Crippen molar-refractivity contribution in [3.05, 3.63) is 35.2 Å². The van der Waals surface area contributed by atoms with Crippen molar-refractivity contribution in [2.75, 3.05) is 35.7 Å². The van der Waals surface area contributed by atoms with Crippen molar-refractivity contribution in [1.82, 2.24) is 15.2 Å². The van der Waals surface area contributed by atoms with Crippen molar-refractivity contribution < 1.29 is 27.1 Å². The molecule has 1 aromatic carbocycles. The Labute approximate surface area is 214 Å². The predicted octanol–water partition coefficient (Wildman–Crippen LogP) is 2.78. The zero-order chi connectivity index (χ0) is 26.0. The molecule has 2 heterocycles. The number of nitrogens with zero attached hydrogens (tertiary/aromatic N) is 3. The van der Waals surface area contributed by atoms with E-state index in [9.17, 15) is 22.4 Å². The minimum atomic E-state index is -4.25. The quantitative estimate of drug-likeness (QED) is 0.285. The number of esters is 1. The number of hydrogen-bond acceptors (Lipinski definition) is 8. The predicted molar refractivity (Wildman–Crippen MR) is 138 cm³/mol. The summed E-state index contributed by atoms with van der Waals surface area (Å²) >= 11 is 6.05. The number of thiazole rings is 1. The van der Waals surface area contributed by atoms with E-state index in [-0.39, 0.29) is 36.6 Å². The fourth-order valence-electron chi connectivity index (χ4n) is 3.07. The van der Waals surface area contributed by atoms with Gasteiger partial charge in [-0.15, -0.1) is 11.3 Å². The van der Waals surface area contributed by atoms with E-state index in [2.05, 4.69) is 15.6 Å². The molecule has 3 rings (SSSR count). The molecule has 0 bridgehead atoms. The Morgan fingerprint density at radius 3 is 2.69 bits per heavy atom. The molecule has 190 valence electrons. The standard InChI is InChI=1S/C20H25FN5O5PS3/c1-20(2,3)31-18(28)16-17(34-11-23-16)26(32-4)35(29,30)12-5-6-14(13(21)9-12)24-15(27)10-25-8-7-22-19(25)33/h5-6,9,11,32H,7-8,10H2,1-4H3,(H,22,33)(H,24,27). The summed E-state index contributed by atoms with van der Waals surface area (Å²) in [6, 6.07) is 3.20. The van der Waals surface area contributed by atoms with Gasteiger partial charge in [0.1, 0.15) is 16.4 Å². The lowest BCUT2D eigenvalue weighted by molar-refractivity contribution is -0.116. The van der Waals surface area contributed by atoms with Gasteiger partial charge in [0, 0.05) is 13.1 Å². The molecule has 0 saturated carbocycles. The molecule has 35 heavy (non-hydrogen) atoms. The van der Waals surface area contributed by atoms with Crippen molar-refractivity contribution >= 4 is 70.0 Å². The first kappa shape index (κ1) is 27.2. The van der Waals surface area contributed by atoms with Gasteiger partial charge in [0.2, 0.25) is 5.91 Å².